The second kappa shape index (κ2) is 6.24. The zero-order valence-electron chi connectivity index (χ0n) is 10.6. The van der Waals surface area contributed by atoms with Gasteiger partial charge in [-0.05, 0) is 19.1 Å². The molecule has 0 aliphatic carbocycles. The Morgan fingerprint density at radius 3 is 2.94 bits per heavy atom. The number of methoxy groups -OCH3 is 1. The van der Waals surface area contributed by atoms with Crippen molar-refractivity contribution in [3.8, 4) is 0 Å². The van der Waals surface area contributed by atoms with Gasteiger partial charge in [-0.1, -0.05) is 12.1 Å². The smallest absolute Gasteiger partial charge is 0.111 e. The van der Waals surface area contributed by atoms with E-state index in [4.69, 9.17) is 4.74 Å². The molecule has 0 aliphatic heterocycles. The van der Waals surface area contributed by atoms with Crippen LogP contribution in [0, 0.1) is 0 Å². The van der Waals surface area contributed by atoms with E-state index in [1.54, 1.807) is 18.4 Å². The molecule has 4 nitrogen and oxygen atoms in total. The molecule has 2 rings (SSSR count). The Hall–Kier alpha value is -1.01. The highest BCUT2D eigenvalue weighted by molar-refractivity contribution is 7.18. The molecule has 2 aromatic rings. The van der Waals surface area contributed by atoms with Gasteiger partial charge in [0.05, 0.1) is 29.0 Å². The third kappa shape index (κ3) is 3.26. The SMILES string of the molecule is COCC(O)CNC(C)c1nc2ccccc2s1. The first-order valence-corrected chi connectivity index (χ1v) is 6.78. The lowest BCUT2D eigenvalue weighted by atomic mass is 10.3. The van der Waals surface area contributed by atoms with Crippen molar-refractivity contribution in [1.82, 2.24) is 10.3 Å². The molecule has 2 unspecified atom stereocenters. The first-order chi connectivity index (χ1) is 8.70. The number of benzene rings is 1. The minimum absolute atomic E-state index is 0.133. The van der Waals surface area contributed by atoms with Gasteiger partial charge < -0.3 is 15.2 Å². The van der Waals surface area contributed by atoms with Gasteiger partial charge in [0.25, 0.3) is 0 Å². The second-order valence-corrected chi connectivity index (χ2v) is 5.32. The molecule has 0 amide bonds. The number of hydrogen-bond donors (Lipinski definition) is 2. The summed E-state index contributed by atoms with van der Waals surface area (Å²) < 4.78 is 6.08. The van der Waals surface area contributed by atoms with Gasteiger partial charge in [0.15, 0.2) is 0 Å². The van der Waals surface area contributed by atoms with Crippen molar-refractivity contribution >= 4 is 21.6 Å². The largest absolute Gasteiger partial charge is 0.389 e. The number of ether oxygens (including phenoxy) is 1. The first-order valence-electron chi connectivity index (χ1n) is 5.96. The van der Waals surface area contributed by atoms with Crippen LogP contribution in [0.1, 0.15) is 18.0 Å². The van der Waals surface area contributed by atoms with E-state index in [0.29, 0.717) is 13.2 Å². The van der Waals surface area contributed by atoms with Gasteiger partial charge in [0, 0.05) is 13.7 Å². The van der Waals surface area contributed by atoms with Gasteiger partial charge in [0.1, 0.15) is 5.01 Å². The van der Waals surface area contributed by atoms with Crippen LogP contribution in [0.4, 0.5) is 0 Å². The Labute approximate surface area is 111 Å². The Morgan fingerprint density at radius 2 is 2.22 bits per heavy atom. The number of hydrogen-bond acceptors (Lipinski definition) is 5. The lowest BCUT2D eigenvalue weighted by molar-refractivity contribution is 0.0630. The number of nitrogens with zero attached hydrogens (tertiary/aromatic N) is 1. The van der Waals surface area contributed by atoms with Crippen LogP contribution in [0.3, 0.4) is 0 Å². The minimum atomic E-state index is -0.480. The van der Waals surface area contributed by atoms with E-state index in [2.05, 4.69) is 23.3 Å². The molecule has 1 heterocycles. The normalized spacial score (nSPS) is 14.8. The molecular formula is C13H18N2O2S. The second-order valence-electron chi connectivity index (χ2n) is 4.26. The Balaban J connectivity index is 1.98. The monoisotopic (exact) mass is 266 g/mol. The summed E-state index contributed by atoms with van der Waals surface area (Å²) >= 11 is 1.68. The molecule has 18 heavy (non-hydrogen) atoms. The summed E-state index contributed by atoms with van der Waals surface area (Å²) in [4.78, 5) is 4.58. The van der Waals surface area contributed by atoms with Crippen LogP contribution >= 0.6 is 11.3 Å². The van der Waals surface area contributed by atoms with E-state index in [9.17, 15) is 5.11 Å². The van der Waals surface area contributed by atoms with Crippen molar-refractivity contribution in [3.05, 3.63) is 29.3 Å². The fourth-order valence-electron chi connectivity index (χ4n) is 1.73. The fraction of sp³-hybridized carbons (Fsp3) is 0.462. The van der Waals surface area contributed by atoms with Gasteiger partial charge in [-0.2, -0.15) is 0 Å². The predicted octanol–water partition coefficient (Wildman–Crippen LogP) is 1.95. The zero-order chi connectivity index (χ0) is 13.0. The summed E-state index contributed by atoms with van der Waals surface area (Å²) in [6.45, 7) is 2.90. The number of fused-ring (bicyclic) bond motifs is 1. The lowest BCUT2D eigenvalue weighted by Crippen LogP contribution is -2.31. The number of rotatable bonds is 6. The highest BCUT2D eigenvalue weighted by Crippen LogP contribution is 2.25. The molecule has 0 fully saturated rings. The molecule has 0 aliphatic rings. The van der Waals surface area contributed by atoms with E-state index < -0.39 is 6.10 Å². The third-order valence-electron chi connectivity index (χ3n) is 2.70. The van der Waals surface area contributed by atoms with Crippen LogP contribution in [0.15, 0.2) is 24.3 Å². The molecule has 0 radical (unpaired) electrons. The lowest BCUT2D eigenvalue weighted by Gasteiger charge is -2.14. The van der Waals surface area contributed by atoms with E-state index in [-0.39, 0.29) is 6.04 Å². The Morgan fingerprint density at radius 1 is 1.44 bits per heavy atom. The molecule has 0 saturated heterocycles. The van der Waals surface area contributed by atoms with Crippen LogP contribution in [0.25, 0.3) is 10.2 Å². The van der Waals surface area contributed by atoms with Gasteiger partial charge in [0.2, 0.25) is 0 Å². The molecule has 1 aromatic heterocycles. The molecule has 0 saturated carbocycles. The number of aliphatic hydroxyl groups excluding tert-OH is 1. The summed E-state index contributed by atoms with van der Waals surface area (Å²) in [6.07, 6.45) is -0.480. The van der Waals surface area contributed by atoms with Gasteiger partial charge in [-0.15, -0.1) is 11.3 Å². The number of thiazole rings is 1. The van der Waals surface area contributed by atoms with Crippen LogP contribution in [-0.2, 0) is 4.74 Å². The number of nitrogens with one attached hydrogen (secondary N) is 1. The van der Waals surface area contributed by atoms with Crippen molar-refractivity contribution in [2.75, 3.05) is 20.3 Å². The van der Waals surface area contributed by atoms with Gasteiger partial charge in [-0.3, -0.25) is 0 Å². The highest BCUT2D eigenvalue weighted by Gasteiger charge is 2.12. The zero-order valence-corrected chi connectivity index (χ0v) is 11.4. The van der Waals surface area contributed by atoms with E-state index >= 15 is 0 Å². The summed E-state index contributed by atoms with van der Waals surface area (Å²) in [5.41, 5.74) is 1.03. The molecule has 0 bridgehead atoms. The maximum absolute atomic E-state index is 9.58. The molecule has 98 valence electrons. The first kappa shape index (κ1) is 13.4. The molecule has 5 heteroatoms. The van der Waals surface area contributed by atoms with Gasteiger partial charge >= 0.3 is 0 Å². The number of aliphatic hydroxyl groups is 1. The molecule has 1 aromatic carbocycles. The van der Waals surface area contributed by atoms with Crippen molar-refractivity contribution in [2.45, 2.75) is 19.1 Å². The molecule has 0 spiro atoms. The van der Waals surface area contributed by atoms with E-state index in [1.165, 1.54) is 4.70 Å². The predicted molar refractivity (Wildman–Crippen MR) is 73.9 cm³/mol. The topological polar surface area (TPSA) is 54.4 Å². The maximum Gasteiger partial charge on any atom is 0.111 e. The van der Waals surface area contributed by atoms with Gasteiger partial charge in [-0.25, -0.2) is 4.98 Å². The van der Waals surface area contributed by atoms with Crippen LogP contribution in [0.5, 0.6) is 0 Å². The molecule has 2 atom stereocenters. The third-order valence-corrected chi connectivity index (χ3v) is 3.92. The Bertz CT molecular complexity index is 467. The molecule has 2 N–H and O–H groups in total. The van der Waals surface area contributed by atoms with E-state index in [1.807, 2.05) is 18.2 Å². The minimum Gasteiger partial charge on any atom is -0.389 e. The van der Waals surface area contributed by atoms with Crippen molar-refractivity contribution < 1.29 is 9.84 Å². The summed E-state index contributed by atoms with van der Waals surface area (Å²) in [5.74, 6) is 0. The summed E-state index contributed by atoms with van der Waals surface area (Å²) in [5, 5.41) is 13.9. The fourth-order valence-corrected chi connectivity index (χ4v) is 2.72. The number of para-hydroxylation sites is 1. The Kier molecular flexibility index (Phi) is 4.66. The number of aromatic nitrogens is 1. The average Bonchev–Trinajstić information content (AvgIpc) is 2.80. The standard InChI is InChI=1S/C13H18N2O2S/c1-9(14-7-10(16)8-17-2)13-15-11-5-3-4-6-12(11)18-13/h3-6,9-10,14,16H,7-8H2,1-2H3. The molecular weight excluding hydrogens is 248 g/mol. The van der Waals surface area contributed by atoms with Crippen LogP contribution < -0.4 is 5.32 Å². The highest BCUT2D eigenvalue weighted by atomic mass is 32.1. The quantitative estimate of drug-likeness (QED) is 0.839. The summed E-state index contributed by atoms with van der Waals surface area (Å²) in [7, 11) is 1.58. The van der Waals surface area contributed by atoms with E-state index in [0.717, 1.165) is 10.5 Å². The maximum atomic E-state index is 9.58. The van der Waals surface area contributed by atoms with Crippen LogP contribution in [-0.4, -0.2) is 36.5 Å². The average molecular weight is 266 g/mol. The summed E-state index contributed by atoms with van der Waals surface area (Å²) in [6, 6.07) is 8.23. The van der Waals surface area contributed by atoms with Crippen molar-refractivity contribution in [1.29, 1.82) is 0 Å². The van der Waals surface area contributed by atoms with Crippen LogP contribution in [0.2, 0.25) is 0 Å². The van der Waals surface area contributed by atoms with Crippen molar-refractivity contribution in [2.24, 2.45) is 0 Å². The van der Waals surface area contributed by atoms with Crippen molar-refractivity contribution in [3.63, 3.8) is 0 Å².